The van der Waals surface area contributed by atoms with E-state index in [-0.39, 0.29) is 23.4 Å². The van der Waals surface area contributed by atoms with Crippen LogP contribution in [0, 0.1) is 0 Å². The van der Waals surface area contributed by atoms with Gasteiger partial charge in [0.25, 0.3) is 17.6 Å². The summed E-state index contributed by atoms with van der Waals surface area (Å²) >= 11 is 0. The van der Waals surface area contributed by atoms with E-state index in [0.29, 0.717) is 21.1 Å². The highest BCUT2D eigenvalue weighted by atomic mass is 16.5. The van der Waals surface area contributed by atoms with Gasteiger partial charge in [-0.1, -0.05) is 18.2 Å². The number of nitrogens with two attached hydrogens (primary N) is 1. The first-order valence-electron chi connectivity index (χ1n) is 11.7. The minimum absolute atomic E-state index is 0.00421. The maximum absolute atomic E-state index is 13.2. The molecule has 0 saturated heterocycles. The zero-order valence-corrected chi connectivity index (χ0v) is 21.0. The maximum Gasteiger partial charge on any atom is 0.448 e. The fraction of sp³-hybridized carbons (Fsp3) is 0.120. The Balaban J connectivity index is 1.42. The fourth-order valence-corrected chi connectivity index (χ4v) is 4.03. The molecule has 208 valence electrons. The van der Waals surface area contributed by atoms with Crippen LogP contribution in [0.1, 0.15) is 48.5 Å². The lowest BCUT2D eigenvalue weighted by molar-refractivity contribution is -0.120. The highest BCUT2D eigenvalue weighted by Gasteiger charge is 2.26. The number of carbonyl (C=O) groups excluding carboxylic acids is 3. The number of carbonyl (C=O) groups is 4. The smallest absolute Gasteiger partial charge is 0.448 e. The monoisotopic (exact) mass is 561 g/mol. The molecule has 0 radical (unpaired) electrons. The molecule has 16 nitrogen and oxygen atoms in total. The van der Waals surface area contributed by atoms with Crippen LogP contribution < -0.4 is 27.9 Å². The number of nitrogens with zero attached hydrogens (tertiary/aromatic N) is 4. The maximum atomic E-state index is 13.2. The van der Waals surface area contributed by atoms with Gasteiger partial charge in [-0.25, -0.2) is 23.8 Å². The number of nitrogens with one attached hydrogen (secondary N) is 2. The summed E-state index contributed by atoms with van der Waals surface area (Å²) in [6.07, 6.45) is 0. The number of amides is 3. The second kappa shape index (κ2) is 10.3. The number of oxazole rings is 1. The highest BCUT2D eigenvalue weighted by molar-refractivity contribution is 6.00. The first kappa shape index (κ1) is 26.5. The lowest BCUT2D eigenvalue weighted by Gasteiger charge is -2.16. The molecule has 1 atom stereocenters. The molecule has 0 aliphatic rings. The third kappa shape index (κ3) is 5.03. The summed E-state index contributed by atoms with van der Waals surface area (Å²) in [5, 5.41) is 17.6. The number of aromatic nitrogens is 4. The SMILES string of the molecule is Cn1c(=O)oc2ccc(CNC(=O)c3cc(C(=O)N[C@@H](C(N)=O)c4ccc(C(=O)O)cc4)n4c(=O)onc4n3)cc21. The molecule has 0 bridgehead atoms. The van der Waals surface area contributed by atoms with Crippen LogP contribution in [0.15, 0.2) is 67.1 Å². The summed E-state index contributed by atoms with van der Waals surface area (Å²) in [4.78, 5) is 77.5. The highest BCUT2D eigenvalue weighted by Crippen LogP contribution is 2.17. The van der Waals surface area contributed by atoms with Crippen molar-refractivity contribution in [2.45, 2.75) is 12.6 Å². The number of aryl methyl sites for hydroxylation is 1. The summed E-state index contributed by atoms with van der Waals surface area (Å²) in [7, 11) is 1.54. The van der Waals surface area contributed by atoms with Crippen molar-refractivity contribution in [2.24, 2.45) is 12.8 Å². The van der Waals surface area contributed by atoms with Crippen molar-refractivity contribution in [3.05, 3.63) is 97.7 Å². The van der Waals surface area contributed by atoms with E-state index in [4.69, 9.17) is 15.3 Å². The third-order valence-electron chi connectivity index (χ3n) is 6.15. The van der Waals surface area contributed by atoms with Crippen molar-refractivity contribution in [2.75, 3.05) is 0 Å². The van der Waals surface area contributed by atoms with Gasteiger partial charge in [0, 0.05) is 13.6 Å². The van der Waals surface area contributed by atoms with Crippen molar-refractivity contribution in [1.29, 1.82) is 0 Å². The van der Waals surface area contributed by atoms with E-state index in [1.165, 1.54) is 35.9 Å². The molecule has 3 heterocycles. The van der Waals surface area contributed by atoms with E-state index in [1.807, 2.05) is 0 Å². The number of benzene rings is 2. The van der Waals surface area contributed by atoms with Crippen LogP contribution in [-0.4, -0.2) is 47.9 Å². The molecule has 0 spiro atoms. The Morgan fingerprint density at radius 1 is 1.02 bits per heavy atom. The minimum atomic E-state index is -1.42. The molecule has 0 fully saturated rings. The largest absolute Gasteiger partial charge is 0.478 e. The van der Waals surface area contributed by atoms with Crippen LogP contribution in [-0.2, 0) is 18.4 Å². The molecule has 16 heteroatoms. The summed E-state index contributed by atoms with van der Waals surface area (Å²) in [5.74, 6) is -5.93. The van der Waals surface area contributed by atoms with Gasteiger partial charge in [-0.15, -0.1) is 0 Å². The van der Waals surface area contributed by atoms with E-state index in [0.717, 1.165) is 6.07 Å². The number of primary amides is 1. The molecule has 5 N–H and O–H groups in total. The molecular formula is C25H19N7O9. The third-order valence-corrected chi connectivity index (χ3v) is 6.15. The fourth-order valence-electron chi connectivity index (χ4n) is 4.03. The van der Waals surface area contributed by atoms with Crippen molar-refractivity contribution >= 4 is 40.6 Å². The predicted molar refractivity (Wildman–Crippen MR) is 137 cm³/mol. The Bertz CT molecular complexity index is 1980. The second-order valence-corrected chi connectivity index (χ2v) is 8.76. The molecule has 0 saturated carbocycles. The van der Waals surface area contributed by atoms with Gasteiger partial charge in [0.15, 0.2) is 5.58 Å². The summed E-state index contributed by atoms with van der Waals surface area (Å²) in [6.45, 7) is 0.00421. The average molecular weight is 561 g/mol. The van der Waals surface area contributed by atoms with E-state index in [2.05, 4.69) is 25.3 Å². The first-order valence-corrected chi connectivity index (χ1v) is 11.7. The molecule has 5 aromatic rings. The molecule has 41 heavy (non-hydrogen) atoms. The number of rotatable bonds is 8. The van der Waals surface area contributed by atoms with Gasteiger partial charge in [-0.05, 0) is 46.6 Å². The molecule has 2 aromatic carbocycles. The zero-order valence-electron chi connectivity index (χ0n) is 21.0. The summed E-state index contributed by atoms with van der Waals surface area (Å²) in [5.41, 5.74) is 6.35. The first-order chi connectivity index (χ1) is 19.5. The minimum Gasteiger partial charge on any atom is -0.478 e. The lowest BCUT2D eigenvalue weighted by Crippen LogP contribution is -2.39. The Morgan fingerprint density at radius 2 is 1.76 bits per heavy atom. The summed E-state index contributed by atoms with van der Waals surface area (Å²) in [6, 6.07) is 9.50. The average Bonchev–Trinajstić information content (AvgIpc) is 3.47. The molecular weight excluding hydrogens is 542 g/mol. The molecule has 5 rings (SSSR count). The van der Waals surface area contributed by atoms with E-state index in [9.17, 15) is 28.8 Å². The van der Waals surface area contributed by atoms with Gasteiger partial charge in [-0.3, -0.25) is 23.5 Å². The van der Waals surface area contributed by atoms with Gasteiger partial charge < -0.3 is 25.9 Å². The van der Waals surface area contributed by atoms with Crippen LogP contribution in [0.5, 0.6) is 0 Å². The van der Waals surface area contributed by atoms with Crippen molar-refractivity contribution < 1.29 is 33.2 Å². The number of hydrogen-bond acceptors (Lipinski definition) is 10. The predicted octanol–water partition coefficient (Wildman–Crippen LogP) is -0.288. The van der Waals surface area contributed by atoms with Crippen LogP contribution in [0.2, 0.25) is 0 Å². The van der Waals surface area contributed by atoms with Crippen LogP contribution in [0.25, 0.3) is 16.9 Å². The van der Waals surface area contributed by atoms with E-state index < -0.39 is 52.7 Å². The van der Waals surface area contributed by atoms with Crippen molar-refractivity contribution in [3.8, 4) is 0 Å². The Kier molecular flexibility index (Phi) is 6.64. The number of aromatic carboxylic acids is 1. The van der Waals surface area contributed by atoms with Crippen molar-refractivity contribution in [3.63, 3.8) is 0 Å². The standard InChI is InChI=1S/C25H19N7O9/c1-31-15-8-11(2-7-17(15)40-24(31)38)10-27-20(34)14-9-16(32-23(28-14)30-41-25(32)39)21(35)29-18(19(26)33)12-3-5-13(6-4-12)22(36)37/h2-9,18H,10H2,1H3,(H2,26,33)(H,27,34)(H,29,35)(H,36,37)/t18-/m1/s1. The molecule has 0 aliphatic carbocycles. The molecule has 0 aliphatic heterocycles. The number of carboxylic acids is 1. The molecule has 0 unspecified atom stereocenters. The molecule has 3 aromatic heterocycles. The zero-order chi connectivity index (χ0) is 29.4. The van der Waals surface area contributed by atoms with Gasteiger partial charge >= 0.3 is 17.5 Å². The van der Waals surface area contributed by atoms with Crippen LogP contribution in [0.4, 0.5) is 0 Å². The second-order valence-electron chi connectivity index (χ2n) is 8.76. The van der Waals surface area contributed by atoms with E-state index >= 15 is 0 Å². The quantitative estimate of drug-likeness (QED) is 0.192. The summed E-state index contributed by atoms with van der Waals surface area (Å²) < 4.78 is 11.7. The van der Waals surface area contributed by atoms with Gasteiger partial charge in [0.2, 0.25) is 5.91 Å². The normalized spacial score (nSPS) is 11.8. The van der Waals surface area contributed by atoms with E-state index in [1.54, 1.807) is 18.2 Å². The number of hydrogen-bond donors (Lipinski definition) is 4. The van der Waals surface area contributed by atoms with Crippen LogP contribution in [0.3, 0.4) is 0 Å². The van der Waals surface area contributed by atoms with Gasteiger partial charge in [0.1, 0.15) is 17.4 Å². The Labute approximate surface area is 227 Å². The van der Waals surface area contributed by atoms with Crippen molar-refractivity contribution in [1.82, 2.24) is 29.7 Å². The Morgan fingerprint density at radius 3 is 2.44 bits per heavy atom. The van der Waals surface area contributed by atoms with Crippen LogP contribution >= 0.6 is 0 Å². The van der Waals surface area contributed by atoms with Gasteiger partial charge in [0.05, 0.1) is 11.1 Å². The topological polar surface area (TPSA) is 234 Å². The Hall–Kier alpha value is -6.06. The van der Waals surface area contributed by atoms with Gasteiger partial charge in [-0.2, -0.15) is 0 Å². The lowest BCUT2D eigenvalue weighted by atomic mass is 10.0. The number of fused-ring (bicyclic) bond motifs is 2. The molecule has 3 amide bonds. The number of carboxylic acid groups (broad SMARTS) is 1.